The molecule has 1 atom stereocenters. The fraction of sp³-hybridized carbons (Fsp3) is 0.417. The van der Waals surface area contributed by atoms with Crippen LogP contribution in [0.1, 0.15) is 34.4 Å². The summed E-state index contributed by atoms with van der Waals surface area (Å²) in [4.78, 5) is 12.0. The second-order valence-electron chi connectivity index (χ2n) is 4.41. The lowest BCUT2D eigenvalue weighted by Crippen LogP contribution is -2.15. The van der Waals surface area contributed by atoms with E-state index in [4.69, 9.17) is 4.74 Å². The van der Waals surface area contributed by atoms with E-state index in [-0.39, 0.29) is 12.0 Å². The van der Waals surface area contributed by atoms with Gasteiger partial charge in [0.1, 0.15) is 16.8 Å². The van der Waals surface area contributed by atoms with E-state index in [9.17, 15) is 4.79 Å². The Morgan fingerprint density at radius 1 is 1.58 bits per heavy atom. The van der Waals surface area contributed by atoms with Crippen molar-refractivity contribution in [1.29, 1.82) is 0 Å². The number of nitrogens with zero attached hydrogens (tertiary/aromatic N) is 3. The van der Waals surface area contributed by atoms with Crippen LogP contribution in [-0.4, -0.2) is 27.3 Å². The number of aromatic nitrogens is 3. The average molecular weight is 278 g/mol. The number of nitrogens with one attached hydrogen (secondary N) is 1. The molecule has 1 fully saturated rings. The summed E-state index contributed by atoms with van der Waals surface area (Å²) in [5.74, 6) is -0.178. The maximum absolute atomic E-state index is 12.0. The highest BCUT2D eigenvalue weighted by Crippen LogP contribution is 2.31. The Morgan fingerprint density at radius 3 is 3.16 bits per heavy atom. The van der Waals surface area contributed by atoms with Crippen molar-refractivity contribution in [2.45, 2.75) is 18.9 Å². The summed E-state index contributed by atoms with van der Waals surface area (Å²) in [6, 6.07) is 3.59. The minimum atomic E-state index is -0.178. The van der Waals surface area contributed by atoms with Gasteiger partial charge in [-0.3, -0.25) is 10.1 Å². The smallest absolute Gasteiger partial charge is 0.274 e. The van der Waals surface area contributed by atoms with Gasteiger partial charge in [0.05, 0.1) is 0 Å². The van der Waals surface area contributed by atoms with Crippen LogP contribution in [0.2, 0.25) is 0 Å². The highest BCUT2D eigenvalue weighted by atomic mass is 32.1. The molecule has 3 rings (SSSR count). The Labute approximate surface area is 114 Å². The van der Waals surface area contributed by atoms with Gasteiger partial charge in [0.2, 0.25) is 5.13 Å². The summed E-state index contributed by atoms with van der Waals surface area (Å²) in [5.41, 5.74) is 0.592. The molecule has 0 bridgehead atoms. The van der Waals surface area contributed by atoms with Gasteiger partial charge in [0, 0.05) is 19.9 Å². The zero-order valence-corrected chi connectivity index (χ0v) is 11.3. The van der Waals surface area contributed by atoms with Gasteiger partial charge in [-0.05, 0) is 25.0 Å². The van der Waals surface area contributed by atoms with E-state index in [1.165, 1.54) is 11.3 Å². The molecule has 6 nitrogen and oxygen atoms in total. The molecular weight excluding hydrogens is 264 g/mol. The average Bonchev–Trinajstić information content (AvgIpc) is 3.07. The van der Waals surface area contributed by atoms with E-state index < -0.39 is 0 Å². The summed E-state index contributed by atoms with van der Waals surface area (Å²) >= 11 is 1.37. The van der Waals surface area contributed by atoms with Crippen LogP contribution in [0.5, 0.6) is 0 Å². The second kappa shape index (κ2) is 5.10. The molecule has 1 aliphatic rings. The van der Waals surface area contributed by atoms with E-state index in [0.717, 1.165) is 24.5 Å². The number of anilines is 1. The summed E-state index contributed by atoms with van der Waals surface area (Å²) in [6.45, 7) is 0.773. The highest BCUT2D eigenvalue weighted by Gasteiger charge is 2.22. The lowest BCUT2D eigenvalue weighted by molar-refractivity contribution is 0.101. The van der Waals surface area contributed by atoms with Gasteiger partial charge >= 0.3 is 0 Å². The van der Waals surface area contributed by atoms with Crippen molar-refractivity contribution >= 4 is 22.4 Å². The van der Waals surface area contributed by atoms with E-state index in [0.29, 0.717) is 10.8 Å². The number of aryl methyl sites for hydroxylation is 1. The van der Waals surface area contributed by atoms with Crippen molar-refractivity contribution in [1.82, 2.24) is 14.8 Å². The molecule has 0 aliphatic carbocycles. The Morgan fingerprint density at radius 2 is 2.47 bits per heavy atom. The van der Waals surface area contributed by atoms with Gasteiger partial charge in [-0.1, -0.05) is 11.3 Å². The van der Waals surface area contributed by atoms with Crippen LogP contribution in [0.3, 0.4) is 0 Å². The van der Waals surface area contributed by atoms with Crippen molar-refractivity contribution in [3.05, 3.63) is 29.0 Å². The molecule has 0 spiro atoms. The Balaban J connectivity index is 1.70. The number of hydrogen-bond acceptors (Lipinski definition) is 5. The summed E-state index contributed by atoms with van der Waals surface area (Å²) in [5, 5.41) is 12.2. The van der Waals surface area contributed by atoms with Crippen LogP contribution in [0.15, 0.2) is 18.3 Å². The number of rotatable bonds is 3. The van der Waals surface area contributed by atoms with Crippen LogP contribution in [0.4, 0.5) is 5.13 Å². The van der Waals surface area contributed by atoms with Gasteiger partial charge in [-0.25, -0.2) is 0 Å². The highest BCUT2D eigenvalue weighted by molar-refractivity contribution is 7.15. The molecule has 7 heteroatoms. The zero-order chi connectivity index (χ0) is 13.2. The van der Waals surface area contributed by atoms with Crippen LogP contribution in [0, 0.1) is 0 Å². The molecule has 1 aliphatic heterocycles. The van der Waals surface area contributed by atoms with E-state index in [1.54, 1.807) is 10.6 Å². The molecule has 1 saturated heterocycles. The second-order valence-corrected chi connectivity index (χ2v) is 5.41. The zero-order valence-electron chi connectivity index (χ0n) is 10.5. The molecule has 100 valence electrons. The lowest BCUT2D eigenvalue weighted by atomic mass is 10.2. The minimum Gasteiger partial charge on any atom is -0.371 e. The molecule has 1 unspecified atom stereocenters. The standard InChI is InChI=1S/C12H14N4O2S/c1-16-6-2-4-8(16)10(17)13-12-15-14-11(19-12)9-5-3-7-18-9/h2,4,6,9H,3,5,7H2,1H3,(H,13,15,17). The molecule has 19 heavy (non-hydrogen) atoms. The minimum absolute atomic E-state index is 0.0400. The third-order valence-electron chi connectivity index (χ3n) is 3.04. The largest absolute Gasteiger partial charge is 0.371 e. The molecule has 1 amide bonds. The molecule has 2 aromatic rings. The maximum Gasteiger partial charge on any atom is 0.274 e. The van der Waals surface area contributed by atoms with Crippen molar-refractivity contribution in [2.24, 2.45) is 7.05 Å². The maximum atomic E-state index is 12.0. The molecular formula is C12H14N4O2S. The van der Waals surface area contributed by atoms with E-state index >= 15 is 0 Å². The Bertz CT molecular complexity index is 586. The first-order chi connectivity index (χ1) is 9.24. The topological polar surface area (TPSA) is 69.0 Å². The van der Waals surface area contributed by atoms with Crippen LogP contribution < -0.4 is 5.32 Å². The predicted octanol–water partition coefficient (Wildman–Crippen LogP) is 1.98. The van der Waals surface area contributed by atoms with Gasteiger partial charge in [0.15, 0.2) is 0 Å². The molecule has 0 aromatic carbocycles. The van der Waals surface area contributed by atoms with Gasteiger partial charge in [-0.2, -0.15) is 0 Å². The molecule has 3 heterocycles. The molecule has 1 N–H and O–H groups in total. The van der Waals surface area contributed by atoms with Gasteiger partial charge in [0.25, 0.3) is 5.91 Å². The quantitative estimate of drug-likeness (QED) is 0.932. The lowest BCUT2D eigenvalue weighted by Gasteiger charge is -2.03. The first-order valence-electron chi connectivity index (χ1n) is 6.12. The van der Waals surface area contributed by atoms with Crippen molar-refractivity contribution in [2.75, 3.05) is 11.9 Å². The number of carbonyl (C=O) groups is 1. The normalized spacial score (nSPS) is 18.7. The molecule has 2 aromatic heterocycles. The third-order valence-corrected chi connectivity index (χ3v) is 3.97. The Hall–Kier alpha value is -1.73. The number of ether oxygens (including phenoxy) is 1. The van der Waals surface area contributed by atoms with Gasteiger partial charge in [-0.15, -0.1) is 10.2 Å². The van der Waals surface area contributed by atoms with Crippen molar-refractivity contribution in [3.8, 4) is 0 Å². The fourth-order valence-corrected chi connectivity index (χ4v) is 2.87. The van der Waals surface area contributed by atoms with Crippen LogP contribution in [-0.2, 0) is 11.8 Å². The summed E-state index contributed by atoms with van der Waals surface area (Å²) in [6.07, 6.45) is 3.89. The number of amides is 1. The van der Waals surface area contributed by atoms with Crippen molar-refractivity contribution in [3.63, 3.8) is 0 Å². The summed E-state index contributed by atoms with van der Waals surface area (Å²) in [7, 11) is 1.83. The van der Waals surface area contributed by atoms with Crippen LogP contribution >= 0.6 is 11.3 Å². The molecule has 0 radical (unpaired) electrons. The van der Waals surface area contributed by atoms with E-state index in [1.807, 2.05) is 19.3 Å². The fourth-order valence-electron chi connectivity index (χ4n) is 2.05. The van der Waals surface area contributed by atoms with Crippen molar-refractivity contribution < 1.29 is 9.53 Å². The molecule has 0 saturated carbocycles. The Kier molecular flexibility index (Phi) is 3.31. The first kappa shape index (κ1) is 12.3. The number of carbonyl (C=O) groups excluding carboxylic acids is 1. The first-order valence-corrected chi connectivity index (χ1v) is 6.93. The SMILES string of the molecule is Cn1cccc1C(=O)Nc1nnc(C2CCCO2)s1. The summed E-state index contributed by atoms with van der Waals surface area (Å²) < 4.78 is 7.30. The number of hydrogen-bond donors (Lipinski definition) is 1. The van der Waals surface area contributed by atoms with Gasteiger partial charge < -0.3 is 9.30 Å². The predicted molar refractivity (Wildman–Crippen MR) is 71.2 cm³/mol. The third kappa shape index (κ3) is 2.52. The monoisotopic (exact) mass is 278 g/mol. The van der Waals surface area contributed by atoms with E-state index in [2.05, 4.69) is 15.5 Å². The van der Waals surface area contributed by atoms with Crippen LogP contribution in [0.25, 0.3) is 0 Å².